The number of allylic oxidation sites excluding steroid dienone is 8. The van der Waals surface area contributed by atoms with Crippen molar-refractivity contribution in [3.8, 4) is 0 Å². The maximum atomic E-state index is 2.31. The van der Waals surface area contributed by atoms with E-state index in [1.54, 1.807) is 0 Å². The van der Waals surface area contributed by atoms with Crippen molar-refractivity contribution < 1.29 is 0 Å². The van der Waals surface area contributed by atoms with Gasteiger partial charge in [-0.3, -0.25) is 0 Å². The van der Waals surface area contributed by atoms with Gasteiger partial charge in [0.15, 0.2) is 0 Å². The molecule has 76 valence electrons. The smallest absolute Gasteiger partial charge is 0.0166 e. The van der Waals surface area contributed by atoms with Gasteiger partial charge in [-0.15, -0.1) is 0 Å². The molecular weight excluding hydrogens is 168 g/mol. The van der Waals surface area contributed by atoms with Crippen LogP contribution < -0.4 is 0 Å². The third kappa shape index (κ3) is 6.47. The van der Waals surface area contributed by atoms with Crippen LogP contribution in [0.2, 0.25) is 0 Å². The number of rotatable bonds is 0. The van der Waals surface area contributed by atoms with Gasteiger partial charge in [-0.05, 0) is 38.5 Å². The summed E-state index contributed by atoms with van der Waals surface area (Å²) in [5.41, 5.74) is 0. The van der Waals surface area contributed by atoms with Crippen molar-refractivity contribution in [2.24, 2.45) is 0 Å². The van der Waals surface area contributed by atoms with Crippen LogP contribution in [0.5, 0.6) is 0 Å². The Hall–Kier alpha value is -1.04. The summed E-state index contributed by atoms with van der Waals surface area (Å²) in [6, 6.07) is 0. The Labute approximate surface area is 87.7 Å². The first-order valence-electron chi connectivity index (χ1n) is 5.62. The summed E-state index contributed by atoms with van der Waals surface area (Å²) >= 11 is 0. The summed E-state index contributed by atoms with van der Waals surface area (Å²) < 4.78 is 0. The molecule has 0 aliphatic heterocycles. The largest absolute Gasteiger partial charge is 0.0885 e. The van der Waals surface area contributed by atoms with Crippen molar-refractivity contribution in [2.45, 2.75) is 38.5 Å². The molecule has 0 bridgehead atoms. The van der Waals surface area contributed by atoms with Crippen molar-refractivity contribution >= 4 is 0 Å². The van der Waals surface area contributed by atoms with Gasteiger partial charge in [0.25, 0.3) is 0 Å². The second kappa shape index (κ2) is 8.55. The summed E-state index contributed by atoms with van der Waals surface area (Å²) in [4.78, 5) is 0. The van der Waals surface area contributed by atoms with E-state index in [1.807, 2.05) is 0 Å². The average Bonchev–Trinajstić information content (AvgIpc) is 2.22. The lowest BCUT2D eigenvalue weighted by Gasteiger charge is -1.91. The molecule has 1 rings (SSSR count). The zero-order chi connectivity index (χ0) is 9.90. The van der Waals surface area contributed by atoms with Crippen LogP contribution in [0, 0.1) is 0 Å². The van der Waals surface area contributed by atoms with Crippen LogP contribution in [0.1, 0.15) is 38.5 Å². The molecule has 0 heterocycles. The fourth-order valence-electron chi connectivity index (χ4n) is 1.41. The van der Waals surface area contributed by atoms with Crippen molar-refractivity contribution in [1.82, 2.24) is 0 Å². The number of hydrogen-bond acceptors (Lipinski definition) is 0. The lowest BCUT2D eigenvalue weighted by Crippen LogP contribution is -1.71. The summed E-state index contributed by atoms with van der Waals surface area (Å²) in [7, 11) is 0. The first kappa shape index (κ1) is 11.0. The second-order valence-corrected chi connectivity index (χ2v) is 3.54. The van der Waals surface area contributed by atoms with Crippen molar-refractivity contribution in [3.05, 3.63) is 48.6 Å². The lowest BCUT2D eigenvalue weighted by atomic mass is 10.2. The van der Waals surface area contributed by atoms with Gasteiger partial charge < -0.3 is 0 Å². The van der Waals surface area contributed by atoms with Gasteiger partial charge in [-0.25, -0.2) is 0 Å². The molecule has 0 aromatic carbocycles. The molecule has 1 aliphatic carbocycles. The van der Waals surface area contributed by atoms with Crippen LogP contribution in [0.25, 0.3) is 0 Å². The zero-order valence-electron chi connectivity index (χ0n) is 8.86. The Bertz CT molecular complexity index is 228. The molecule has 0 fully saturated rings. The Kier molecular flexibility index (Phi) is 6.74. The molecule has 0 unspecified atom stereocenters. The van der Waals surface area contributed by atoms with E-state index in [0.717, 1.165) is 6.42 Å². The molecule has 0 saturated carbocycles. The molecule has 0 aromatic heterocycles. The van der Waals surface area contributed by atoms with Crippen LogP contribution in [-0.2, 0) is 0 Å². The van der Waals surface area contributed by atoms with E-state index < -0.39 is 0 Å². The van der Waals surface area contributed by atoms with E-state index in [2.05, 4.69) is 48.6 Å². The Morgan fingerprint density at radius 1 is 0.500 bits per heavy atom. The molecule has 0 atom stereocenters. The highest BCUT2D eigenvalue weighted by atomic mass is 13.9. The Morgan fingerprint density at radius 2 is 1.14 bits per heavy atom. The quantitative estimate of drug-likeness (QED) is 0.489. The number of hydrogen-bond donors (Lipinski definition) is 0. The molecule has 1 aliphatic rings. The third-order valence-electron chi connectivity index (χ3n) is 2.23. The molecular formula is C14H20. The van der Waals surface area contributed by atoms with Crippen molar-refractivity contribution in [2.75, 3.05) is 0 Å². The summed E-state index contributed by atoms with van der Waals surface area (Å²) in [5.74, 6) is 0. The van der Waals surface area contributed by atoms with Gasteiger partial charge in [0.1, 0.15) is 0 Å². The van der Waals surface area contributed by atoms with Gasteiger partial charge in [-0.1, -0.05) is 48.6 Å². The summed E-state index contributed by atoms with van der Waals surface area (Å²) in [5, 5.41) is 0. The van der Waals surface area contributed by atoms with Crippen molar-refractivity contribution in [3.63, 3.8) is 0 Å². The SMILES string of the molecule is C1=C\CC/C=C/CCC/C=C/C=C/C/1. The van der Waals surface area contributed by atoms with E-state index >= 15 is 0 Å². The highest BCUT2D eigenvalue weighted by Gasteiger charge is 1.81. The minimum absolute atomic E-state index is 1.06. The van der Waals surface area contributed by atoms with Crippen LogP contribution in [0.4, 0.5) is 0 Å². The summed E-state index contributed by atoms with van der Waals surface area (Å²) in [6.07, 6.45) is 25.0. The van der Waals surface area contributed by atoms with Crippen molar-refractivity contribution in [1.29, 1.82) is 0 Å². The van der Waals surface area contributed by atoms with Gasteiger partial charge in [0, 0.05) is 0 Å². The topological polar surface area (TPSA) is 0 Å². The van der Waals surface area contributed by atoms with Gasteiger partial charge in [-0.2, -0.15) is 0 Å². The highest BCUT2D eigenvalue weighted by Crippen LogP contribution is 2.02. The highest BCUT2D eigenvalue weighted by molar-refractivity contribution is 5.05. The van der Waals surface area contributed by atoms with E-state index in [-0.39, 0.29) is 0 Å². The first-order valence-corrected chi connectivity index (χ1v) is 5.62. The van der Waals surface area contributed by atoms with E-state index in [9.17, 15) is 0 Å². The molecule has 14 heavy (non-hydrogen) atoms. The normalized spacial score (nSPS) is 28.6. The first-order chi connectivity index (χ1) is 7.00. The molecule has 0 saturated heterocycles. The molecule has 0 spiro atoms. The van der Waals surface area contributed by atoms with Gasteiger partial charge in [0.05, 0.1) is 0 Å². The Balaban J connectivity index is 2.34. The fourth-order valence-corrected chi connectivity index (χ4v) is 1.41. The minimum Gasteiger partial charge on any atom is -0.0885 e. The molecule has 0 radical (unpaired) electrons. The van der Waals surface area contributed by atoms with Crippen LogP contribution >= 0.6 is 0 Å². The predicted octanol–water partition coefficient (Wildman–Crippen LogP) is 4.57. The van der Waals surface area contributed by atoms with Gasteiger partial charge in [0.2, 0.25) is 0 Å². The van der Waals surface area contributed by atoms with E-state index in [0.29, 0.717) is 0 Å². The standard InChI is InChI=1S/C14H20/c1-2-4-6-8-10-12-14-13-11-9-7-5-3-1/h1-4,7,9,12,14H,5-6,8,10-11,13H2/b3-1+,4-2+,9-7-,14-12+. The zero-order valence-corrected chi connectivity index (χ0v) is 8.86. The van der Waals surface area contributed by atoms with Crippen LogP contribution in [0.15, 0.2) is 48.6 Å². The Morgan fingerprint density at radius 3 is 2.07 bits per heavy atom. The fraction of sp³-hybridized carbons (Fsp3) is 0.429. The lowest BCUT2D eigenvalue weighted by molar-refractivity contribution is 0.862. The molecule has 0 aromatic rings. The molecule has 0 amide bonds. The molecule has 0 heteroatoms. The predicted molar refractivity (Wildman–Crippen MR) is 64.3 cm³/mol. The van der Waals surface area contributed by atoms with Crippen LogP contribution in [-0.4, -0.2) is 0 Å². The van der Waals surface area contributed by atoms with E-state index in [4.69, 9.17) is 0 Å². The van der Waals surface area contributed by atoms with E-state index in [1.165, 1.54) is 32.1 Å². The average molecular weight is 188 g/mol. The maximum absolute atomic E-state index is 2.31. The monoisotopic (exact) mass is 188 g/mol. The molecule has 0 nitrogen and oxygen atoms in total. The maximum Gasteiger partial charge on any atom is -0.0166 e. The minimum atomic E-state index is 1.06. The summed E-state index contributed by atoms with van der Waals surface area (Å²) in [6.45, 7) is 0. The second-order valence-electron chi connectivity index (χ2n) is 3.54. The molecule has 0 N–H and O–H groups in total. The third-order valence-corrected chi connectivity index (χ3v) is 2.23. The van der Waals surface area contributed by atoms with Gasteiger partial charge >= 0.3 is 0 Å². The van der Waals surface area contributed by atoms with Crippen LogP contribution in [0.3, 0.4) is 0 Å².